The maximum absolute atomic E-state index is 12.4. The van der Waals surface area contributed by atoms with E-state index in [1.807, 2.05) is 29.2 Å². The number of hydrogen-bond donors (Lipinski definition) is 1. The first kappa shape index (κ1) is 26.7. The van der Waals surface area contributed by atoms with Gasteiger partial charge in [-0.1, -0.05) is 24.3 Å². The lowest BCUT2D eigenvalue weighted by Crippen LogP contribution is -2.28. The zero-order valence-corrected chi connectivity index (χ0v) is 22.4. The molecule has 3 heterocycles. The molecule has 196 valence electrons. The highest BCUT2D eigenvalue weighted by Crippen LogP contribution is 2.38. The minimum Gasteiger partial charge on any atom is -0.444 e. The predicted molar refractivity (Wildman–Crippen MR) is 146 cm³/mol. The molecule has 0 spiro atoms. The van der Waals surface area contributed by atoms with Crippen molar-refractivity contribution in [2.75, 3.05) is 16.5 Å². The number of rotatable bonds is 7. The molecule has 9 nitrogen and oxygen atoms in total. The fraction of sp³-hybridized carbons (Fsp3) is 0.214. The van der Waals surface area contributed by atoms with Gasteiger partial charge in [-0.25, -0.2) is 18.2 Å². The molecule has 3 aromatic heterocycles. The van der Waals surface area contributed by atoms with Gasteiger partial charge in [-0.05, 0) is 74.4 Å². The van der Waals surface area contributed by atoms with Gasteiger partial charge in [0.15, 0.2) is 9.84 Å². The van der Waals surface area contributed by atoms with Crippen LogP contribution in [0.25, 0.3) is 0 Å². The minimum atomic E-state index is -3.45. The smallest absolute Gasteiger partial charge is 0.413 e. The molecule has 4 aromatic rings. The topological polar surface area (TPSA) is 114 Å². The fourth-order valence-corrected chi connectivity index (χ4v) is 4.56. The van der Waals surface area contributed by atoms with Crippen LogP contribution in [0.1, 0.15) is 37.9 Å². The third-order valence-corrected chi connectivity index (χ3v) is 6.50. The zero-order chi connectivity index (χ0) is 27.3. The maximum atomic E-state index is 12.4. The molecule has 0 aliphatic carbocycles. The highest BCUT2D eigenvalue weighted by Gasteiger charge is 2.27. The Morgan fingerprint density at radius 1 is 0.921 bits per heavy atom. The lowest BCUT2D eigenvalue weighted by Gasteiger charge is -2.33. The largest absolute Gasteiger partial charge is 0.444 e. The van der Waals surface area contributed by atoms with Gasteiger partial charge >= 0.3 is 6.09 Å². The summed E-state index contributed by atoms with van der Waals surface area (Å²) in [7, 11) is -3.45. The number of carbonyl (C=O) groups excluding carboxylic acids is 1. The van der Waals surface area contributed by atoms with Crippen molar-refractivity contribution in [1.82, 2.24) is 15.0 Å². The number of benzene rings is 1. The summed E-state index contributed by atoms with van der Waals surface area (Å²) >= 11 is 0. The lowest BCUT2D eigenvalue weighted by atomic mass is 9.97. The van der Waals surface area contributed by atoms with Crippen LogP contribution in [0.2, 0.25) is 0 Å². The van der Waals surface area contributed by atoms with Crippen molar-refractivity contribution >= 4 is 33.3 Å². The number of amides is 1. The molecule has 0 saturated heterocycles. The van der Waals surface area contributed by atoms with Crippen LogP contribution in [0.3, 0.4) is 0 Å². The summed E-state index contributed by atoms with van der Waals surface area (Å²) < 4.78 is 30.2. The van der Waals surface area contributed by atoms with E-state index in [4.69, 9.17) is 9.72 Å². The predicted octanol–water partition coefficient (Wildman–Crippen LogP) is 5.55. The molecule has 1 unspecified atom stereocenters. The first-order valence-corrected chi connectivity index (χ1v) is 13.8. The van der Waals surface area contributed by atoms with E-state index in [9.17, 15) is 13.2 Å². The molecule has 38 heavy (non-hydrogen) atoms. The first-order valence-electron chi connectivity index (χ1n) is 11.9. The molecule has 1 amide bonds. The van der Waals surface area contributed by atoms with Gasteiger partial charge < -0.3 is 9.64 Å². The monoisotopic (exact) mass is 531 g/mol. The van der Waals surface area contributed by atoms with Gasteiger partial charge in [0, 0.05) is 24.8 Å². The number of aromatic nitrogens is 3. The van der Waals surface area contributed by atoms with Crippen LogP contribution in [-0.2, 0) is 14.6 Å². The first-order chi connectivity index (χ1) is 18.0. The Labute approximate surface area is 222 Å². The van der Waals surface area contributed by atoms with Crippen LogP contribution in [0, 0.1) is 0 Å². The Hall–Kier alpha value is -4.31. The van der Waals surface area contributed by atoms with E-state index in [2.05, 4.69) is 15.3 Å². The molecular formula is C28H29N5O4S. The summed E-state index contributed by atoms with van der Waals surface area (Å²) in [6.07, 6.45) is 7.31. The van der Waals surface area contributed by atoms with Crippen molar-refractivity contribution in [3.8, 4) is 0 Å². The summed E-state index contributed by atoms with van der Waals surface area (Å²) in [5.41, 5.74) is 1.54. The van der Waals surface area contributed by atoms with Crippen molar-refractivity contribution in [1.29, 1.82) is 0 Å². The minimum absolute atomic E-state index is 0.198. The van der Waals surface area contributed by atoms with E-state index in [-0.39, 0.29) is 4.90 Å². The average molecular weight is 532 g/mol. The molecular weight excluding hydrogens is 502 g/mol. The Bertz CT molecular complexity index is 1510. The molecule has 0 aliphatic rings. The van der Waals surface area contributed by atoms with Crippen molar-refractivity contribution in [2.45, 2.75) is 37.3 Å². The summed E-state index contributed by atoms with van der Waals surface area (Å²) in [6.45, 7) is 5.34. The number of nitrogens with one attached hydrogen (secondary N) is 1. The van der Waals surface area contributed by atoms with Crippen molar-refractivity contribution in [2.24, 2.45) is 0 Å². The summed E-state index contributed by atoms with van der Waals surface area (Å²) in [5, 5.41) is 2.69. The second-order valence-electron chi connectivity index (χ2n) is 9.62. The Kier molecular flexibility index (Phi) is 7.72. The van der Waals surface area contributed by atoms with Gasteiger partial charge in [-0.3, -0.25) is 15.3 Å². The summed E-state index contributed by atoms with van der Waals surface area (Å²) in [4.78, 5) is 27.9. The number of nitrogens with zero attached hydrogens (tertiary/aromatic N) is 4. The van der Waals surface area contributed by atoms with Gasteiger partial charge in [0.25, 0.3) is 0 Å². The van der Waals surface area contributed by atoms with Gasteiger partial charge in [-0.15, -0.1) is 0 Å². The molecule has 1 N–H and O–H groups in total. The molecule has 0 aliphatic heterocycles. The Balaban J connectivity index is 1.87. The maximum Gasteiger partial charge on any atom is 0.413 e. The summed E-state index contributed by atoms with van der Waals surface area (Å²) in [6, 6.07) is 18.9. The van der Waals surface area contributed by atoms with Crippen LogP contribution in [0.4, 0.5) is 22.1 Å². The van der Waals surface area contributed by atoms with Gasteiger partial charge in [0.05, 0.1) is 22.8 Å². The Morgan fingerprint density at radius 2 is 1.61 bits per heavy atom. The zero-order valence-electron chi connectivity index (χ0n) is 21.6. The highest BCUT2D eigenvalue weighted by molar-refractivity contribution is 7.90. The van der Waals surface area contributed by atoms with E-state index >= 15 is 0 Å². The van der Waals surface area contributed by atoms with Crippen molar-refractivity contribution in [3.63, 3.8) is 0 Å². The van der Waals surface area contributed by atoms with Crippen LogP contribution < -0.4 is 10.2 Å². The number of sulfone groups is 1. The summed E-state index contributed by atoms with van der Waals surface area (Å²) in [5.74, 6) is 0.783. The van der Waals surface area contributed by atoms with E-state index in [0.29, 0.717) is 22.9 Å². The molecule has 4 rings (SSSR count). The Morgan fingerprint density at radius 3 is 2.24 bits per heavy atom. The highest BCUT2D eigenvalue weighted by atomic mass is 32.2. The van der Waals surface area contributed by atoms with Gasteiger partial charge in [0.1, 0.15) is 17.2 Å². The van der Waals surface area contributed by atoms with Gasteiger partial charge in [0.2, 0.25) is 0 Å². The lowest BCUT2D eigenvalue weighted by molar-refractivity contribution is 0.0635. The van der Waals surface area contributed by atoms with E-state index in [1.165, 1.54) is 6.26 Å². The standard InChI is InChI=1S/C28H29N5O4S/c1-28(2,3)37-27(34)32-24-13-6-14-25(31-24)33(22-11-8-16-30-19-22)26(21-10-7-15-29-18-21)20-9-5-12-23(17-20)38(4,35)36/h5-19,26H,1-4H3,(H,31,32,34). The molecule has 10 heteroatoms. The second kappa shape index (κ2) is 11.0. The van der Waals surface area contributed by atoms with E-state index in [1.54, 1.807) is 88.0 Å². The third kappa shape index (κ3) is 6.71. The number of hydrogen-bond acceptors (Lipinski definition) is 8. The van der Waals surface area contributed by atoms with Crippen LogP contribution in [0.5, 0.6) is 0 Å². The number of carbonyl (C=O) groups is 1. The SMILES string of the molecule is CC(C)(C)OC(=O)Nc1cccc(N(c2cccnc2)C(c2cccnc2)c2cccc(S(C)(=O)=O)c2)n1. The quantitative estimate of drug-likeness (QED) is 0.330. The molecule has 1 aromatic carbocycles. The van der Waals surface area contributed by atoms with E-state index in [0.717, 1.165) is 5.56 Å². The average Bonchev–Trinajstić information content (AvgIpc) is 2.87. The number of anilines is 3. The fourth-order valence-electron chi connectivity index (χ4n) is 3.89. The number of pyridine rings is 3. The third-order valence-electron chi connectivity index (χ3n) is 5.39. The number of ether oxygens (including phenoxy) is 1. The second-order valence-corrected chi connectivity index (χ2v) is 11.6. The molecule has 0 bridgehead atoms. The van der Waals surface area contributed by atoms with Crippen molar-refractivity contribution in [3.05, 3.63) is 103 Å². The molecule has 0 radical (unpaired) electrons. The normalized spacial score (nSPS) is 12.4. The van der Waals surface area contributed by atoms with Crippen LogP contribution in [0.15, 0.2) is 96.4 Å². The van der Waals surface area contributed by atoms with Gasteiger partial charge in [-0.2, -0.15) is 0 Å². The van der Waals surface area contributed by atoms with Crippen LogP contribution in [-0.4, -0.2) is 41.3 Å². The van der Waals surface area contributed by atoms with E-state index < -0.39 is 27.6 Å². The molecule has 0 fully saturated rings. The molecule has 1 atom stereocenters. The van der Waals surface area contributed by atoms with Crippen LogP contribution >= 0.6 is 0 Å². The molecule has 0 saturated carbocycles. The van der Waals surface area contributed by atoms with Crippen molar-refractivity contribution < 1.29 is 17.9 Å².